The third-order valence-corrected chi connectivity index (χ3v) is 6.43. The summed E-state index contributed by atoms with van der Waals surface area (Å²) in [6, 6.07) is 2.96. The molecule has 2 amide bonds. The molecule has 160 valence electrons. The molecule has 6 rings (SSSR count). The van der Waals surface area contributed by atoms with Crippen LogP contribution in [0.5, 0.6) is 5.75 Å². The summed E-state index contributed by atoms with van der Waals surface area (Å²) in [7, 11) is 0. The van der Waals surface area contributed by atoms with Crippen molar-refractivity contribution in [1.82, 2.24) is 14.8 Å². The molecule has 4 heterocycles. The number of rotatable bonds is 3. The highest BCUT2D eigenvalue weighted by Crippen LogP contribution is 2.43. The van der Waals surface area contributed by atoms with Gasteiger partial charge in [-0.25, -0.2) is 8.78 Å². The summed E-state index contributed by atoms with van der Waals surface area (Å²) in [5.41, 5.74) is -1.94. The van der Waals surface area contributed by atoms with Gasteiger partial charge in [0.25, 0.3) is 11.8 Å². The van der Waals surface area contributed by atoms with E-state index in [1.807, 2.05) is 6.08 Å². The summed E-state index contributed by atoms with van der Waals surface area (Å²) in [6.07, 6.45) is 7.06. The molecule has 1 aromatic heterocycles. The Balaban J connectivity index is 1.47. The van der Waals surface area contributed by atoms with Crippen molar-refractivity contribution in [3.63, 3.8) is 0 Å². The van der Waals surface area contributed by atoms with Crippen molar-refractivity contribution >= 4 is 11.8 Å². The fourth-order valence-electron chi connectivity index (χ4n) is 4.75. The summed E-state index contributed by atoms with van der Waals surface area (Å²) < 4.78 is 28.3. The number of hydrogen-bond donors (Lipinski definition) is 2. The molecule has 0 radical (unpaired) electrons. The quantitative estimate of drug-likeness (QED) is 0.733. The van der Waals surface area contributed by atoms with E-state index < -0.39 is 40.2 Å². The summed E-state index contributed by atoms with van der Waals surface area (Å²) in [4.78, 5) is 40.0. The van der Waals surface area contributed by atoms with Crippen molar-refractivity contribution in [2.75, 3.05) is 6.54 Å². The molecule has 1 fully saturated rings. The van der Waals surface area contributed by atoms with Crippen molar-refractivity contribution in [1.29, 1.82) is 0 Å². The molecule has 0 saturated carbocycles. The minimum absolute atomic E-state index is 0.0471. The molecule has 1 aromatic carbocycles. The van der Waals surface area contributed by atoms with Gasteiger partial charge >= 0.3 is 0 Å². The van der Waals surface area contributed by atoms with Gasteiger partial charge in [-0.3, -0.25) is 14.4 Å². The van der Waals surface area contributed by atoms with Gasteiger partial charge in [0.15, 0.2) is 11.4 Å². The number of carbonyl (C=O) groups excluding carboxylic acids is 2. The number of aromatic nitrogens is 1. The molecular formula is C22H19F2N3O4. The molecule has 7 nitrogen and oxygen atoms in total. The van der Waals surface area contributed by atoms with Crippen molar-refractivity contribution in [3.8, 4) is 5.75 Å². The Labute approximate surface area is 175 Å². The van der Waals surface area contributed by atoms with Crippen LogP contribution in [0, 0.1) is 17.6 Å². The van der Waals surface area contributed by atoms with Gasteiger partial charge in [-0.1, -0.05) is 18.2 Å². The van der Waals surface area contributed by atoms with E-state index in [0.717, 1.165) is 18.9 Å². The fourth-order valence-corrected chi connectivity index (χ4v) is 4.75. The molecule has 31 heavy (non-hydrogen) atoms. The Morgan fingerprint density at radius 1 is 1.29 bits per heavy atom. The Kier molecular flexibility index (Phi) is 4.25. The number of aromatic hydroxyl groups is 1. The van der Waals surface area contributed by atoms with Crippen LogP contribution in [0.3, 0.4) is 0 Å². The molecule has 3 aliphatic heterocycles. The fraction of sp³-hybridized carbons (Fsp3) is 0.318. The van der Waals surface area contributed by atoms with E-state index in [0.29, 0.717) is 19.2 Å². The maximum atomic E-state index is 13.8. The number of amides is 2. The molecule has 2 N–H and O–H groups in total. The van der Waals surface area contributed by atoms with Gasteiger partial charge in [0.1, 0.15) is 17.2 Å². The van der Waals surface area contributed by atoms with Gasteiger partial charge in [0.2, 0.25) is 5.43 Å². The number of nitrogens with one attached hydrogen (secondary N) is 1. The number of fused-ring (bicyclic) bond motifs is 2. The van der Waals surface area contributed by atoms with Gasteiger partial charge in [-0.2, -0.15) is 0 Å². The lowest BCUT2D eigenvalue weighted by Crippen LogP contribution is -2.63. The Bertz CT molecular complexity index is 1220. The third kappa shape index (κ3) is 2.95. The lowest BCUT2D eigenvalue weighted by atomic mass is 9.74. The second kappa shape index (κ2) is 6.76. The summed E-state index contributed by atoms with van der Waals surface area (Å²) in [5.74, 6) is -3.33. The van der Waals surface area contributed by atoms with Gasteiger partial charge in [0, 0.05) is 37.5 Å². The first kappa shape index (κ1) is 19.5. The number of pyridine rings is 1. The number of piperidine rings is 1. The van der Waals surface area contributed by atoms with E-state index in [-0.39, 0.29) is 29.3 Å². The Morgan fingerprint density at radius 2 is 2.10 bits per heavy atom. The van der Waals surface area contributed by atoms with Gasteiger partial charge < -0.3 is 19.9 Å². The third-order valence-electron chi connectivity index (χ3n) is 6.43. The van der Waals surface area contributed by atoms with Crippen LogP contribution in [0.15, 0.2) is 41.3 Å². The molecular weight excluding hydrogens is 408 g/mol. The molecule has 1 saturated heterocycles. The SMILES string of the molecule is O=C(NCc1ccc(F)cc1F)c1cn2c(c(O)c1=O)C(=O)N1C[C@H]3C=C[C@@]1(CC3)C2. The van der Waals surface area contributed by atoms with Gasteiger partial charge in [0.05, 0.1) is 5.54 Å². The minimum Gasteiger partial charge on any atom is -0.503 e. The number of hydrogen-bond acceptors (Lipinski definition) is 4. The average Bonchev–Trinajstić information content (AvgIpc) is 2.75. The zero-order chi connectivity index (χ0) is 21.9. The van der Waals surface area contributed by atoms with Crippen molar-refractivity contribution in [2.45, 2.75) is 31.5 Å². The van der Waals surface area contributed by atoms with E-state index in [9.17, 15) is 28.3 Å². The molecule has 2 aromatic rings. The molecule has 2 atom stereocenters. The smallest absolute Gasteiger partial charge is 0.275 e. The lowest BCUT2D eigenvalue weighted by Gasteiger charge is -2.53. The number of carbonyl (C=O) groups is 2. The summed E-state index contributed by atoms with van der Waals surface area (Å²) >= 11 is 0. The minimum atomic E-state index is -0.967. The first-order valence-electron chi connectivity index (χ1n) is 9.99. The van der Waals surface area contributed by atoms with E-state index in [2.05, 4.69) is 11.4 Å². The maximum absolute atomic E-state index is 13.8. The molecule has 9 heteroatoms. The highest BCUT2D eigenvalue weighted by molar-refractivity contribution is 5.99. The van der Waals surface area contributed by atoms with E-state index in [1.165, 1.54) is 16.8 Å². The van der Waals surface area contributed by atoms with E-state index in [1.54, 1.807) is 4.90 Å². The zero-order valence-corrected chi connectivity index (χ0v) is 16.4. The second-order valence-corrected chi connectivity index (χ2v) is 8.29. The maximum Gasteiger partial charge on any atom is 0.275 e. The first-order valence-corrected chi connectivity index (χ1v) is 9.99. The number of halogens is 2. The van der Waals surface area contributed by atoms with Crippen LogP contribution in [0.25, 0.3) is 0 Å². The zero-order valence-electron chi connectivity index (χ0n) is 16.4. The highest BCUT2D eigenvalue weighted by Gasteiger charge is 2.50. The average molecular weight is 427 g/mol. The van der Waals surface area contributed by atoms with Crippen LogP contribution < -0.4 is 10.7 Å². The van der Waals surface area contributed by atoms with E-state index >= 15 is 0 Å². The Morgan fingerprint density at radius 3 is 2.81 bits per heavy atom. The van der Waals surface area contributed by atoms with Crippen LogP contribution >= 0.6 is 0 Å². The van der Waals surface area contributed by atoms with Crippen LogP contribution in [0.1, 0.15) is 39.3 Å². The number of nitrogens with zero attached hydrogens (tertiary/aromatic N) is 2. The predicted molar refractivity (Wildman–Crippen MR) is 106 cm³/mol. The molecule has 4 aliphatic rings. The highest BCUT2D eigenvalue weighted by atomic mass is 19.1. The van der Waals surface area contributed by atoms with Crippen LogP contribution in [-0.2, 0) is 13.1 Å². The lowest BCUT2D eigenvalue weighted by molar-refractivity contribution is 0.0164. The van der Waals surface area contributed by atoms with Crippen LogP contribution in [0.2, 0.25) is 0 Å². The molecule has 0 unspecified atom stereocenters. The topological polar surface area (TPSA) is 91.6 Å². The van der Waals surface area contributed by atoms with Gasteiger partial charge in [-0.15, -0.1) is 0 Å². The van der Waals surface area contributed by atoms with Crippen molar-refractivity contribution in [2.24, 2.45) is 5.92 Å². The Hall–Kier alpha value is -3.49. The second-order valence-electron chi connectivity index (χ2n) is 8.29. The molecule has 2 bridgehead atoms. The van der Waals surface area contributed by atoms with Crippen LogP contribution in [0.4, 0.5) is 8.78 Å². The first-order chi connectivity index (χ1) is 14.8. The predicted octanol–water partition coefficient (Wildman–Crippen LogP) is 1.94. The molecule has 1 spiro atoms. The van der Waals surface area contributed by atoms with Crippen LogP contribution in [-0.4, -0.2) is 38.5 Å². The largest absolute Gasteiger partial charge is 0.503 e. The normalized spacial score (nSPS) is 23.5. The van der Waals surface area contributed by atoms with Gasteiger partial charge in [-0.05, 0) is 24.8 Å². The number of benzene rings is 1. The monoisotopic (exact) mass is 427 g/mol. The summed E-state index contributed by atoms with van der Waals surface area (Å²) in [6.45, 7) is 0.583. The van der Waals surface area contributed by atoms with Crippen molar-refractivity contribution < 1.29 is 23.5 Å². The standard InChI is InChI=1S/C22H19F2N3O4/c23-14-2-1-13(16(24)7-14)8-25-20(30)15-10-26-11-22-5-3-12(4-6-22)9-27(22)21(31)17(26)19(29)18(15)28/h1-3,5,7,10,12,29H,4,6,8-9,11H2,(H,25,30)/t12-,22+/m0/s1. The van der Waals surface area contributed by atoms with E-state index in [4.69, 9.17) is 0 Å². The van der Waals surface area contributed by atoms with Crippen molar-refractivity contribution in [3.05, 3.63) is 75.2 Å². The summed E-state index contributed by atoms with van der Waals surface area (Å²) in [5, 5.41) is 12.9. The molecule has 1 aliphatic carbocycles.